The van der Waals surface area contributed by atoms with Crippen LogP contribution >= 0.6 is 11.6 Å². The van der Waals surface area contributed by atoms with Gasteiger partial charge in [0, 0.05) is 38.1 Å². The summed E-state index contributed by atoms with van der Waals surface area (Å²) in [7, 11) is 5.73. The number of rotatable bonds is 5. The van der Waals surface area contributed by atoms with Crippen molar-refractivity contribution in [2.75, 3.05) is 53.2 Å². The summed E-state index contributed by atoms with van der Waals surface area (Å²) in [6.45, 7) is 5.06. The van der Waals surface area contributed by atoms with Crippen molar-refractivity contribution in [2.24, 2.45) is 5.92 Å². The molecule has 1 aliphatic heterocycles. The van der Waals surface area contributed by atoms with Crippen LogP contribution in [-0.4, -0.2) is 69.1 Å². The number of hydrogen-bond donors (Lipinski definition) is 1. The second kappa shape index (κ2) is 9.95. The number of nitrogens with one attached hydrogen (secondary N) is 1. The molecule has 0 radical (unpaired) electrons. The van der Waals surface area contributed by atoms with Gasteiger partial charge in [-0.1, -0.05) is 31.2 Å². The van der Waals surface area contributed by atoms with E-state index in [2.05, 4.69) is 18.3 Å². The summed E-state index contributed by atoms with van der Waals surface area (Å²) in [5, 5.41) is 3.39. The average Bonchev–Trinajstić information content (AvgIpc) is 2.69. The highest BCUT2D eigenvalue weighted by molar-refractivity contribution is 6.18. The van der Waals surface area contributed by atoms with Crippen LogP contribution in [0.25, 0.3) is 5.76 Å². The molecule has 1 aliphatic rings. The molecule has 0 saturated heterocycles. The molecule has 1 aromatic rings. The van der Waals surface area contributed by atoms with Gasteiger partial charge in [0.2, 0.25) is 0 Å². The minimum atomic E-state index is -0.339. The summed E-state index contributed by atoms with van der Waals surface area (Å²) in [6, 6.07) is 8.11. The summed E-state index contributed by atoms with van der Waals surface area (Å²) in [6.07, 6.45) is 1.61. The molecule has 26 heavy (non-hydrogen) atoms. The minimum Gasteiger partial charge on any atom is -0.410 e. The largest absolute Gasteiger partial charge is 0.415 e. The normalized spacial score (nSPS) is 22.5. The molecule has 0 saturated carbocycles. The quantitative estimate of drug-likeness (QED) is 0.798. The molecule has 2 atom stereocenters. The Morgan fingerprint density at radius 1 is 1.27 bits per heavy atom. The molecule has 0 fully saturated rings. The summed E-state index contributed by atoms with van der Waals surface area (Å²) in [4.78, 5) is 16.2. The number of halogens is 1. The maximum Gasteiger partial charge on any atom is 0.415 e. The fraction of sp³-hybridized carbons (Fsp3) is 0.550. The predicted molar refractivity (Wildman–Crippen MR) is 108 cm³/mol. The number of fused-ring (bicyclic) bond motifs is 1. The summed E-state index contributed by atoms with van der Waals surface area (Å²) in [5.74, 6) is 1.79. The van der Waals surface area contributed by atoms with Gasteiger partial charge in [0.15, 0.2) is 0 Å². The number of ether oxygens (including phenoxy) is 1. The third kappa shape index (κ3) is 5.47. The Morgan fingerprint density at radius 2 is 2.00 bits per heavy atom. The Balaban J connectivity index is 2.23. The standard InChI is InChI=1S/C20H30ClN3O2/c1-15-16(13-21)14-22-10-9-19(18-8-6-5-7-17(15)18)26-20(25)24(4)12-11-23(2)3/h5-9,15-16,22H,10-14H2,1-4H3/b19-9+/t15?,16-/m1/s1. The van der Waals surface area contributed by atoms with E-state index < -0.39 is 0 Å². The average molecular weight is 380 g/mol. The van der Waals surface area contributed by atoms with Crippen LogP contribution in [0, 0.1) is 5.92 Å². The van der Waals surface area contributed by atoms with E-state index in [4.69, 9.17) is 16.3 Å². The first kappa shape index (κ1) is 20.7. The van der Waals surface area contributed by atoms with Gasteiger partial charge in [0.25, 0.3) is 0 Å². The molecule has 6 heteroatoms. The van der Waals surface area contributed by atoms with Crippen LogP contribution in [0.15, 0.2) is 30.3 Å². The molecular formula is C20H30ClN3O2. The highest BCUT2D eigenvalue weighted by Gasteiger charge is 2.24. The molecular weight excluding hydrogens is 350 g/mol. The number of carbonyl (C=O) groups is 1. The summed E-state index contributed by atoms with van der Waals surface area (Å²) >= 11 is 6.19. The van der Waals surface area contributed by atoms with E-state index >= 15 is 0 Å². The van der Waals surface area contributed by atoms with E-state index in [-0.39, 0.29) is 12.0 Å². The lowest BCUT2D eigenvalue weighted by Gasteiger charge is -2.24. The maximum absolute atomic E-state index is 12.5. The fourth-order valence-electron chi connectivity index (χ4n) is 2.99. The van der Waals surface area contributed by atoms with Gasteiger partial charge in [0.05, 0.1) is 0 Å². The number of alkyl halides is 1. The first-order chi connectivity index (χ1) is 12.4. The number of amides is 1. The van der Waals surface area contributed by atoms with Gasteiger partial charge >= 0.3 is 6.09 Å². The Labute approximate surface area is 161 Å². The predicted octanol–water partition coefficient (Wildman–Crippen LogP) is 3.22. The smallest absolute Gasteiger partial charge is 0.410 e. The Morgan fingerprint density at radius 3 is 2.69 bits per heavy atom. The number of benzene rings is 1. The molecule has 1 aromatic carbocycles. The molecule has 0 aliphatic carbocycles. The second-order valence-corrected chi connectivity index (χ2v) is 7.42. The first-order valence-corrected chi connectivity index (χ1v) is 9.61. The molecule has 1 amide bonds. The van der Waals surface area contributed by atoms with Crippen molar-refractivity contribution in [2.45, 2.75) is 12.8 Å². The first-order valence-electron chi connectivity index (χ1n) is 9.07. The van der Waals surface area contributed by atoms with Crippen LogP contribution in [0.2, 0.25) is 0 Å². The van der Waals surface area contributed by atoms with E-state index in [1.54, 1.807) is 11.9 Å². The van der Waals surface area contributed by atoms with E-state index in [0.717, 1.165) is 24.2 Å². The van der Waals surface area contributed by atoms with Crippen molar-refractivity contribution >= 4 is 23.5 Å². The molecule has 144 valence electrons. The van der Waals surface area contributed by atoms with E-state index in [0.29, 0.717) is 30.6 Å². The van der Waals surface area contributed by atoms with E-state index in [1.165, 1.54) is 0 Å². The Hall–Kier alpha value is -1.56. The summed E-state index contributed by atoms with van der Waals surface area (Å²) in [5.41, 5.74) is 2.13. The van der Waals surface area contributed by atoms with Gasteiger partial charge in [-0.25, -0.2) is 4.79 Å². The Kier molecular flexibility index (Phi) is 7.94. The monoisotopic (exact) mass is 379 g/mol. The van der Waals surface area contributed by atoms with Crippen LogP contribution in [-0.2, 0) is 4.74 Å². The van der Waals surface area contributed by atoms with Gasteiger partial charge in [0.1, 0.15) is 5.76 Å². The molecule has 1 N–H and O–H groups in total. The lowest BCUT2D eigenvalue weighted by molar-refractivity contribution is 0.150. The maximum atomic E-state index is 12.5. The number of likely N-dealkylation sites (N-methyl/N-ethyl adjacent to an activating group) is 2. The molecule has 1 heterocycles. The van der Waals surface area contributed by atoms with Crippen molar-refractivity contribution in [1.82, 2.24) is 15.1 Å². The van der Waals surface area contributed by atoms with Crippen LogP contribution in [0.4, 0.5) is 4.79 Å². The van der Waals surface area contributed by atoms with Gasteiger partial charge in [-0.15, -0.1) is 11.6 Å². The van der Waals surface area contributed by atoms with Crippen LogP contribution in [0.3, 0.4) is 0 Å². The molecule has 1 unspecified atom stereocenters. The zero-order chi connectivity index (χ0) is 19.1. The molecule has 0 spiro atoms. The third-order valence-corrected chi connectivity index (χ3v) is 5.25. The summed E-state index contributed by atoms with van der Waals surface area (Å²) < 4.78 is 5.78. The lowest BCUT2D eigenvalue weighted by atomic mass is 9.85. The molecule has 0 bridgehead atoms. The third-order valence-electron chi connectivity index (χ3n) is 4.85. The van der Waals surface area contributed by atoms with Gasteiger partial charge in [-0.3, -0.25) is 0 Å². The Bertz CT molecular complexity index is 633. The van der Waals surface area contributed by atoms with Crippen molar-refractivity contribution in [3.05, 3.63) is 41.5 Å². The zero-order valence-electron chi connectivity index (χ0n) is 16.2. The van der Waals surface area contributed by atoms with Gasteiger partial charge in [-0.05, 0) is 44.1 Å². The second-order valence-electron chi connectivity index (χ2n) is 7.11. The van der Waals surface area contributed by atoms with Crippen molar-refractivity contribution in [3.63, 3.8) is 0 Å². The fourth-order valence-corrected chi connectivity index (χ4v) is 3.37. The van der Waals surface area contributed by atoms with Crippen molar-refractivity contribution < 1.29 is 9.53 Å². The molecule has 2 rings (SSSR count). The number of hydrogen-bond acceptors (Lipinski definition) is 4. The molecule has 5 nitrogen and oxygen atoms in total. The minimum absolute atomic E-state index is 0.267. The lowest BCUT2D eigenvalue weighted by Crippen LogP contribution is -2.33. The topological polar surface area (TPSA) is 44.8 Å². The van der Waals surface area contributed by atoms with Crippen molar-refractivity contribution in [1.29, 1.82) is 0 Å². The van der Waals surface area contributed by atoms with Gasteiger partial charge in [-0.2, -0.15) is 0 Å². The van der Waals surface area contributed by atoms with E-state index in [9.17, 15) is 4.79 Å². The number of carbonyl (C=O) groups excluding carboxylic acids is 1. The highest BCUT2D eigenvalue weighted by Crippen LogP contribution is 2.32. The molecule has 0 aromatic heterocycles. The van der Waals surface area contributed by atoms with Crippen molar-refractivity contribution in [3.8, 4) is 0 Å². The highest BCUT2D eigenvalue weighted by atomic mass is 35.5. The van der Waals surface area contributed by atoms with Crippen LogP contribution in [0.5, 0.6) is 0 Å². The number of nitrogens with zero attached hydrogens (tertiary/aromatic N) is 2. The zero-order valence-corrected chi connectivity index (χ0v) is 16.9. The SMILES string of the molecule is CC1c2ccccc2/C(OC(=O)N(C)CCN(C)C)=C\CNC[C@H]1CCl. The van der Waals surface area contributed by atoms with E-state index in [1.807, 2.05) is 43.3 Å². The van der Waals surface area contributed by atoms with Gasteiger partial charge < -0.3 is 19.9 Å². The van der Waals surface area contributed by atoms with Crippen LogP contribution < -0.4 is 5.32 Å². The van der Waals surface area contributed by atoms with Crippen LogP contribution in [0.1, 0.15) is 24.0 Å².